The molecule has 0 radical (unpaired) electrons. The number of rotatable bonds is 5. The molecule has 1 aliphatic rings. The number of imidazole rings is 1. The molecular formula is C26H27BrN6O2. The second-order valence-corrected chi connectivity index (χ2v) is 9.71. The lowest BCUT2D eigenvalue weighted by Gasteiger charge is -2.32. The molecule has 0 bridgehead atoms. The topological polar surface area (TPSA) is 93.8 Å². The van der Waals surface area contributed by atoms with Crippen LogP contribution in [0.5, 0.6) is 0 Å². The normalized spacial score (nSPS) is 17.9. The van der Waals surface area contributed by atoms with Gasteiger partial charge in [0, 0.05) is 37.9 Å². The molecule has 2 N–H and O–H groups in total. The molecule has 0 unspecified atom stereocenters. The Bertz CT molecular complexity index is 1390. The number of carbonyl (C=O) groups is 2. The monoisotopic (exact) mass is 534 g/mol. The zero-order chi connectivity index (χ0) is 24.5. The van der Waals surface area contributed by atoms with E-state index >= 15 is 0 Å². The lowest BCUT2D eigenvalue weighted by Crippen LogP contribution is -2.39. The Morgan fingerprint density at radius 1 is 1.09 bits per heavy atom. The Hall–Kier alpha value is -3.46. The van der Waals surface area contributed by atoms with Gasteiger partial charge in [0.15, 0.2) is 5.82 Å². The van der Waals surface area contributed by atoms with Gasteiger partial charge >= 0.3 is 0 Å². The molecule has 0 saturated heterocycles. The lowest BCUT2D eigenvalue weighted by molar-refractivity contribution is 0.0911. The van der Waals surface area contributed by atoms with Crippen LogP contribution in [-0.4, -0.2) is 44.0 Å². The Morgan fingerprint density at radius 2 is 1.94 bits per heavy atom. The Kier molecular flexibility index (Phi) is 6.42. The standard InChI is InChI=1S/C26H27BrN6O2/c1-28-25(34)16-9-10-21-20(14-16)31-24(19-8-3-4-13-29-19)33(21)18-7-5-6-17(15-18)30-26(35)22-11-12-23(27)32(22)2/h3-4,8-14,17-18H,5-7,15H2,1-2H3,(H,28,34)(H,30,35)/t17-,18+/m0/s1. The van der Waals surface area contributed by atoms with E-state index in [1.807, 2.05) is 60.1 Å². The van der Waals surface area contributed by atoms with Crippen LogP contribution in [0, 0.1) is 0 Å². The molecule has 35 heavy (non-hydrogen) atoms. The fourth-order valence-corrected chi connectivity index (χ4v) is 5.26. The summed E-state index contributed by atoms with van der Waals surface area (Å²) in [5, 5.41) is 5.91. The van der Waals surface area contributed by atoms with Crippen LogP contribution >= 0.6 is 15.9 Å². The number of amides is 2. The van der Waals surface area contributed by atoms with Gasteiger partial charge in [-0.1, -0.05) is 6.07 Å². The number of hydrogen-bond donors (Lipinski definition) is 2. The number of fused-ring (bicyclic) bond motifs is 1. The molecule has 1 saturated carbocycles. The smallest absolute Gasteiger partial charge is 0.268 e. The molecule has 3 aromatic heterocycles. The predicted octanol–water partition coefficient (Wildman–Crippen LogP) is 4.47. The minimum Gasteiger partial charge on any atom is -0.355 e. The third kappa shape index (κ3) is 4.48. The summed E-state index contributed by atoms with van der Waals surface area (Å²) >= 11 is 3.46. The van der Waals surface area contributed by atoms with Gasteiger partial charge in [0.2, 0.25) is 0 Å². The first-order valence-electron chi connectivity index (χ1n) is 11.7. The molecule has 1 aliphatic carbocycles. The Balaban J connectivity index is 1.49. The highest BCUT2D eigenvalue weighted by molar-refractivity contribution is 9.10. The summed E-state index contributed by atoms with van der Waals surface area (Å²) in [4.78, 5) is 34.6. The van der Waals surface area contributed by atoms with E-state index in [2.05, 4.69) is 36.1 Å². The van der Waals surface area contributed by atoms with Crippen molar-refractivity contribution in [1.82, 2.24) is 29.7 Å². The van der Waals surface area contributed by atoms with Crippen molar-refractivity contribution in [2.24, 2.45) is 7.05 Å². The average Bonchev–Trinajstić information content (AvgIpc) is 3.43. The maximum absolute atomic E-state index is 13.0. The summed E-state index contributed by atoms with van der Waals surface area (Å²) in [6, 6.07) is 15.3. The van der Waals surface area contributed by atoms with Crippen LogP contribution < -0.4 is 10.6 Å². The molecular weight excluding hydrogens is 508 g/mol. The predicted molar refractivity (Wildman–Crippen MR) is 138 cm³/mol. The van der Waals surface area contributed by atoms with Gasteiger partial charge < -0.3 is 19.8 Å². The first-order chi connectivity index (χ1) is 17.0. The van der Waals surface area contributed by atoms with Crippen molar-refractivity contribution in [1.29, 1.82) is 0 Å². The molecule has 2 amide bonds. The van der Waals surface area contributed by atoms with Crippen molar-refractivity contribution in [3.63, 3.8) is 0 Å². The van der Waals surface area contributed by atoms with E-state index in [4.69, 9.17) is 4.98 Å². The second kappa shape index (κ2) is 9.65. The molecule has 4 aromatic rings. The fraction of sp³-hybridized carbons (Fsp3) is 0.308. The first kappa shape index (κ1) is 23.3. The summed E-state index contributed by atoms with van der Waals surface area (Å²) < 4.78 is 4.94. The number of aromatic nitrogens is 4. The molecule has 0 spiro atoms. The minimum absolute atomic E-state index is 0.0501. The van der Waals surface area contributed by atoms with E-state index in [9.17, 15) is 9.59 Å². The summed E-state index contributed by atoms with van der Waals surface area (Å²) in [5.74, 6) is 0.561. The van der Waals surface area contributed by atoms with E-state index < -0.39 is 0 Å². The number of hydrogen-bond acceptors (Lipinski definition) is 4. The van der Waals surface area contributed by atoms with Gasteiger partial charge in [-0.25, -0.2) is 4.98 Å². The highest BCUT2D eigenvalue weighted by Crippen LogP contribution is 2.36. The van der Waals surface area contributed by atoms with Crippen molar-refractivity contribution in [2.75, 3.05) is 7.05 Å². The van der Waals surface area contributed by atoms with Crippen molar-refractivity contribution in [3.05, 3.63) is 70.6 Å². The largest absolute Gasteiger partial charge is 0.355 e. The summed E-state index contributed by atoms with van der Waals surface area (Å²) in [6.07, 6.45) is 5.45. The molecule has 3 heterocycles. The van der Waals surface area contributed by atoms with Gasteiger partial charge in [-0.15, -0.1) is 0 Å². The third-order valence-electron chi connectivity index (χ3n) is 6.71. The van der Waals surface area contributed by atoms with E-state index in [0.717, 1.165) is 52.8 Å². The molecule has 2 atom stereocenters. The maximum atomic E-state index is 13.0. The molecule has 1 aromatic carbocycles. The molecule has 1 fully saturated rings. The van der Waals surface area contributed by atoms with Gasteiger partial charge in [-0.3, -0.25) is 14.6 Å². The number of pyridine rings is 1. The number of carbonyl (C=O) groups excluding carboxylic acids is 2. The van der Waals surface area contributed by atoms with Gasteiger partial charge in [-0.05, 0) is 84.1 Å². The van der Waals surface area contributed by atoms with Gasteiger partial charge in [0.1, 0.15) is 11.4 Å². The van der Waals surface area contributed by atoms with Crippen LogP contribution in [0.1, 0.15) is 52.6 Å². The summed E-state index contributed by atoms with van der Waals surface area (Å²) in [6.45, 7) is 0. The van der Waals surface area contributed by atoms with E-state index in [1.165, 1.54) is 0 Å². The van der Waals surface area contributed by atoms with E-state index in [1.54, 1.807) is 13.2 Å². The van der Waals surface area contributed by atoms with Crippen LogP contribution in [0.15, 0.2) is 59.3 Å². The first-order valence-corrected chi connectivity index (χ1v) is 12.5. The van der Waals surface area contributed by atoms with Crippen LogP contribution in [0.3, 0.4) is 0 Å². The quantitative estimate of drug-likeness (QED) is 0.394. The van der Waals surface area contributed by atoms with E-state index in [-0.39, 0.29) is 23.9 Å². The van der Waals surface area contributed by atoms with Crippen molar-refractivity contribution >= 4 is 38.8 Å². The number of nitrogens with one attached hydrogen (secondary N) is 2. The SMILES string of the molecule is CNC(=O)c1ccc2c(c1)nc(-c1ccccn1)n2[C@@H]1CCC[C@H](NC(=O)c2ccc(Br)n2C)C1. The van der Waals surface area contributed by atoms with Crippen molar-refractivity contribution in [3.8, 4) is 11.5 Å². The van der Waals surface area contributed by atoms with Crippen LogP contribution in [0.4, 0.5) is 0 Å². The molecule has 5 rings (SSSR count). The van der Waals surface area contributed by atoms with Crippen LogP contribution in [-0.2, 0) is 7.05 Å². The van der Waals surface area contributed by atoms with Crippen molar-refractivity contribution < 1.29 is 9.59 Å². The third-order valence-corrected chi connectivity index (χ3v) is 7.51. The van der Waals surface area contributed by atoms with Gasteiger partial charge in [-0.2, -0.15) is 0 Å². The van der Waals surface area contributed by atoms with Crippen molar-refractivity contribution in [2.45, 2.75) is 37.8 Å². The zero-order valence-corrected chi connectivity index (χ0v) is 21.2. The lowest BCUT2D eigenvalue weighted by atomic mass is 9.90. The van der Waals surface area contributed by atoms with Gasteiger partial charge in [0.25, 0.3) is 11.8 Å². The van der Waals surface area contributed by atoms with Crippen LogP contribution in [0.25, 0.3) is 22.6 Å². The number of halogens is 1. The average molecular weight is 535 g/mol. The molecule has 180 valence electrons. The Morgan fingerprint density at radius 3 is 2.66 bits per heavy atom. The highest BCUT2D eigenvalue weighted by Gasteiger charge is 2.29. The van der Waals surface area contributed by atoms with E-state index in [0.29, 0.717) is 11.3 Å². The highest BCUT2D eigenvalue weighted by atomic mass is 79.9. The molecule has 8 nitrogen and oxygen atoms in total. The van der Waals surface area contributed by atoms with Crippen LogP contribution in [0.2, 0.25) is 0 Å². The Labute approximate surface area is 211 Å². The molecule has 0 aliphatic heterocycles. The number of benzene rings is 1. The molecule has 9 heteroatoms. The zero-order valence-electron chi connectivity index (χ0n) is 19.7. The van der Waals surface area contributed by atoms with Gasteiger partial charge in [0.05, 0.1) is 15.6 Å². The summed E-state index contributed by atoms with van der Waals surface area (Å²) in [7, 11) is 3.49. The second-order valence-electron chi connectivity index (χ2n) is 8.89. The minimum atomic E-state index is -0.145. The number of nitrogens with zero attached hydrogens (tertiary/aromatic N) is 4. The summed E-state index contributed by atoms with van der Waals surface area (Å²) in [5.41, 5.74) is 3.70. The fourth-order valence-electron chi connectivity index (χ4n) is 4.93. The maximum Gasteiger partial charge on any atom is 0.268 e.